The molecule has 4 N–H and O–H groups in total. The van der Waals surface area contributed by atoms with Crippen LogP contribution in [0.3, 0.4) is 0 Å². The van der Waals surface area contributed by atoms with Crippen LogP contribution in [-0.4, -0.2) is 49.0 Å². The van der Waals surface area contributed by atoms with E-state index in [4.69, 9.17) is 0 Å². The van der Waals surface area contributed by atoms with E-state index in [0.29, 0.717) is 38.5 Å². The van der Waals surface area contributed by atoms with E-state index in [-0.39, 0.29) is 66.4 Å². The number of nitrogens with one attached hydrogen (secondary N) is 3. The van der Waals surface area contributed by atoms with Crippen molar-refractivity contribution < 1.29 is 27.5 Å². The predicted octanol–water partition coefficient (Wildman–Crippen LogP) is 4.32. The highest BCUT2D eigenvalue weighted by molar-refractivity contribution is 7.88. The number of benzene rings is 2. The summed E-state index contributed by atoms with van der Waals surface area (Å²) >= 11 is 0. The summed E-state index contributed by atoms with van der Waals surface area (Å²) in [6.07, 6.45) is 6.76. The number of aromatic hydroxyl groups is 1. The molecule has 0 radical (unpaired) electrons. The summed E-state index contributed by atoms with van der Waals surface area (Å²) in [5.41, 5.74) is 3.23. The molecule has 3 aromatic rings. The molecule has 9 nitrogen and oxygen atoms in total. The van der Waals surface area contributed by atoms with E-state index < -0.39 is 27.6 Å². The Morgan fingerprint density at radius 2 is 1.86 bits per heavy atom. The number of phenols is 1. The van der Waals surface area contributed by atoms with Crippen molar-refractivity contribution in [3.63, 3.8) is 0 Å². The number of aromatic nitrogens is 1. The summed E-state index contributed by atoms with van der Waals surface area (Å²) in [5.74, 6) is -1.51. The van der Waals surface area contributed by atoms with Crippen LogP contribution in [0.4, 0.5) is 4.39 Å². The molecule has 1 aliphatic rings. The number of pyridine rings is 1. The van der Waals surface area contributed by atoms with Gasteiger partial charge in [0.2, 0.25) is 21.8 Å². The van der Waals surface area contributed by atoms with Crippen molar-refractivity contribution in [1.29, 1.82) is 0 Å². The second kappa shape index (κ2) is 17.3. The third-order valence-electron chi connectivity index (χ3n) is 7.48. The van der Waals surface area contributed by atoms with E-state index in [2.05, 4.69) is 20.3 Å². The van der Waals surface area contributed by atoms with Gasteiger partial charge in [-0.3, -0.25) is 14.6 Å². The van der Waals surface area contributed by atoms with Gasteiger partial charge in [-0.2, -0.15) is 0 Å². The first kappa shape index (κ1) is 36.9. The molecule has 0 spiro atoms. The monoisotopic (exact) mass is 668 g/mol. The lowest BCUT2D eigenvalue weighted by molar-refractivity contribution is -0.129. The van der Waals surface area contributed by atoms with Gasteiger partial charge in [-0.25, -0.2) is 17.5 Å². The van der Waals surface area contributed by atoms with E-state index in [0.717, 1.165) is 16.7 Å². The van der Waals surface area contributed by atoms with E-state index >= 15 is 0 Å². The fraction of sp³-hybridized carbons (Fsp3) is 0.387. The number of amides is 2. The molecule has 0 unspecified atom stereocenters. The quantitative estimate of drug-likeness (QED) is 0.200. The molecular weight excluding hydrogens is 630 g/mol. The fourth-order valence-electron chi connectivity index (χ4n) is 5.47. The molecule has 0 saturated heterocycles. The lowest BCUT2D eigenvalue weighted by atomic mass is 9.76. The van der Waals surface area contributed by atoms with E-state index in [1.807, 2.05) is 18.2 Å². The lowest BCUT2D eigenvalue weighted by Gasteiger charge is -2.35. The summed E-state index contributed by atoms with van der Waals surface area (Å²) in [6, 6.07) is 14.0. The average molecular weight is 670 g/mol. The van der Waals surface area contributed by atoms with Gasteiger partial charge in [0.05, 0.1) is 5.75 Å². The Kier molecular flexibility index (Phi) is 14.5. The number of sulfonamides is 1. The third kappa shape index (κ3) is 10.7. The Bertz CT molecular complexity index is 1500. The normalized spacial score (nSPS) is 16.4. The van der Waals surface area contributed by atoms with Crippen LogP contribution in [0.25, 0.3) is 0 Å². The summed E-state index contributed by atoms with van der Waals surface area (Å²) in [5, 5.41) is 15.9. The first-order valence-electron chi connectivity index (χ1n) is 14.1. The molecule has 2 amide bonds. The SMILES string of the molecule is CC(=O)N[C@@H](CCCCNS(=O)(=O)Cc1ccccc1F)C(=O)N[C@H]1CCc2cc(O)ccc2[C@H]1Cc1cccnc1.Cl.Cl. The molecule has 0 bridgehead atoms. The molecule has 0 saturated carbocycles. The number of hydrogen-bond acceptors (Lipinski definition) is 6. The molecule has 13 heteroatoms. The van der Waals surface area contributed by atoms with Gasteiger partial charge in [0.15, 0.2) is 0 Å². The standard InChI is InChI=1S/C31H37FN4O5S.2ClH/c1-21(37)35-30(10-4-5-16-34-42(40,41)20-24-8-2-3-9-28(24)32)31(39)36-29-14-11-23-18-25(38)12-13-26(23)27(29)17-22-7-6-15-33-19-22;;/h2-3,6-9,12-13,15,18-19,27,29-30,34,38H,4-5,10-11,14,16-17,20H2,1H3,(H,35,37)(H,36,39);2*1H/t27-,29+,30+;;/m1../s1. The minimum atomic E-state index is -3.73. The zero-order valence-electron chi connectivity index (χ0n) is 24.4. The number of fused-ring (bicyclic) bond motifs is 1. The van der Waals surface area contributed by atoms with Gasteiger partial charge in [-0.05, 0) is 79.5 Å². The molecule has 1 aliphatic carbocycles. The molecule has 4 rings (SSSR count). The Balaban J connectivity index is 0.00000337. The van der Waals surface area contributed by atoms with Gasteiger partial charge in [0.1, 0.15) is 17.6 Å². The maximum Gasteiger partial charge on any atom is 0.242 e. The Morgan fingerprint density at radius 3 is 2.57 bits per heavy atom. The number of hydrogen-bond donors (Lipinski definition) is 4. The van der Waals surface area contributed by atoms with Crippen LogP contribution in [0, 0.1) is 5.82 Å². The number of nitrogens with zero attached hydrogens (tertiary/aromatic N) is 1. The minimum Gasteiger partial charge on any atom is -0.508 e. The first-order chi connectivity index (χ1) is 20.1. The van der Waals surface area contributed by atoms with Crippen LogP contribution in [0.1, 0.15) is 60.8 Å². The summed E-state index contributed by atoms with van der Waals surface area (Å²) in [7, 11) is -3.73. The zero-order valence-corrected chi connectivity index (χ0v) is 26.8. The molecular formula is C31H39Cl2FN4O5S. The smallest absolute Gasteiger partial charge is 0.242 e. The second-order valence-electron chi connectivity index (χ2n) is 10.7. The van der Waals surface area contributed by atoms with Crippen molar-refractivity contribution in [2.45, 2.75) is 69.2 Å². The lowest BCUT2D eigenvalue weighted by Crippen LogP contribution is -2.51. The zero-order chi connectivity index (χ0) is 30.1. The van der Waals surface area contributed by atoms with Gasteiger partial charge < -0.3 is 15.7 Å². The highest BCUT2D eigenvalue weighted by atomic mass is 35.5. The largest absolute Gasteiger partial charge is 0.508 e. The number of phenolic OH excluding ortho intramolecular Hbond substituents is 1. The number of carbonyl (C=O) groups is 2. The van der Waals surface area contributed by atoms with Gasteiger partial charge >= 0.3 is 0 Å². The predicted molar refractivity (Wildman–Crippen MR) is 172 cm³/mol. The molecule has 1 heterocycles. The van der Waals surface area contributed by atoms with Crippen LogP contribution in [0.5, 0.6) is 5.75 Å². The summed E-state index contributed by atoms with van der Waals surface area (Å²) in [6.45, 7) is 1.48. The first-order valence-corrected chi connectivity index (χ1v) is 15.8. The van der Waals surface area contributed by atoms with Crippen LogP contribution < -0.4 is 15.4 Å². The van der Waals surface area contributed by atoms with Crippen molar-refractivity contribution in [3.8, 4) is 5.75 Å². The van der Waals surface area contributed by atoms with Crippen molar-refractivity contribution >= 4 is 46.7 Å². The Morgan fingerprint density at radius 1 is 1.09 bits per heavy atom. The maximum atomic E-state index is 13.8. The Hall–Kier alpha value is -3.25. The van der Waals surface area contributed by atoms with Gasteiger partial charge in [-0.15, -0.1) is 24.8 Å². The van der Waals surface area contributed by atoms with E-state index in [1.54, 1.807) is 30.6 Å². The topological polar surface area (TPSA) is 137 Å². The molecule has 1 aromatic heterocycles. The van der Waals surface area contributed by atoms with Crippen molar-refractivity contribution in [1.82, 2.24) is 20.3 Å². The highest BCUT2D eigenvalue weighted by Gasteiger charge is 2.33. The van der Waals surface area contributed by atoms with Gasteiger partial charge in [0, 0.05) is 43.4 Å². The van der Waals surface area contributed by atoms with Crippen molar-refractivity contribution in [2.75, 3.05) is 6.54 Å². The van der Waals surface area contributed by atoms with Crippen LogP contribution in [0.2, 0.25) is 0 Å². The molecule has 44 heavy (non-hydrogen) atoms. The third-order valence-corrected chi connectivity index (χ3v) is 8.82. The van der Waals surface area contributed by atoms with Crippen LogP contribution >= 0.6 is 24.8 Å². The molecule has 2 aromatic carbocycles. The number of unbranched alkanes of at least 4 members (excludes halogenated alkanes) is 1. The van der Waals surface area contributed by atoms with E-state index in [9.17, 15) is 27.5 Å². The van der Waals surface area contributed by atoms with Crippen LogP contribution in [-0.2, 0) is 38.2 Å². The number of aryl methyl sites for hydroxylation is 1. The molecule has 240 valence electrons. The Labute approximate surface area is 270 Å². The fourth-order valence-corrected chi connectivity index (χ4v) is 6.67. The minimum absolute atomic E-state index is 0. The number of halogens is 3. The summed E-state index contributed by atoms with van der Waals surface area (Å²) in [4.78, 5) is 29.6. The van der Waals surface area contributed by atoms with Crippen molar-refractivity contribution in [3.05, 3.63) is 95.1 Å². The molecule has 3 atom stereocenters. The molecule has 0 aliphatic heterocycles. The summed E-state index contributed by atoms with van der Waals surface area (Å²) < 4.78 is 41.1. The molecule has 0 fully saturated rings. The second-order valence-corrected chi connectivity index (χ2v) is 12.5. The van der Waals surface area contributed by atoms with Gasteiger partial charge in [-0.1, -0.05) is 30.3 Å². The maximum absolute atomic E-state index is 13.8. The average Bonchev–Trinajstić information content (AvgIpc) is 2.94. The number of rotatable bonds is 13. The van der Waals surface area contributed by atoms with Gasteiger partial charge in [0.25, 0.3) is 0 Å². The number of carbonyl (C=O) groups excluding carboxylic acids is 2. The highest BCUT2D eigenvalue weighted by Crippen LogP contribution is 2.36. The van der Waals surface area contributed by atoms with Crippen molar-refractivity contribution in [2.24, 2.45) is 0 Å². The van der Waals surface area contributed by atoms with Crippen LogP contribution in [0.15, 0.2) is 67.0 Å². The van der Waals surface area contributed by atoms with E-state index in [1.165, 1.54) is 25.1 Å².